The number of hydrogen-bond donors (Lipinski definition) is 0. The zero-order valence-corrected chi connectivity index (χ0v) is 18.3. The number of hydrogen-bond acceptors (Lipinski definition) is 2. The quantitative estimate of drug-likeness (QED) is 0.272. The zero-order chi connectivity index (χ0) is 11.4. The highest BCUT2D eigenvalue weighted by Gasteiger charge is 2.46. The van der Waals surface area contributed by atoms with Crippen LogP contribution < -0.4 is 0 Å². The Morgan fingerprint density at radius 3 is 1.50 bits per heavy atom. The minimum atomic E-state index is 0.859. The van der Waals surface area contributed by atoms with E-state index in [0.29, 0.717) is 0 Å². The van der Waals surface area contributed by atoms with Gasteiger partial charge in [-0.25, -0.2) is 0 Å². The highest BCUT2D eigenvalue weighted by atomic mass is 127. The van der Waals surface area contributed by atoms with Crippen molar-refractivity contribution < 1.29 is 0 Å². The first-order valence-electron chi connectivity index (χ1n) is 5.01. The Morgan fingerprint density at radius 2 is 1.12 bits per heavy atom. The van der Waals surface area contributed by atoms with Crippen LogP contribution in [0.25, 0.3) is 0 Å². The molecule has 0 bridgehead atoms. The molecule has 0 saturated heterocycles. The second-order valence-electron chi connectivity index (χ2n) is 4.24. The maximum Gasteiger partial charge on any atom is 0.0556 e. The number of fused-ring (bicyclic) bond motifs is 2. The molecule has 0 spiro atoms. The summed E-state index contributed by atoms with van der Waals surface area (Å²) in [4.78, 5) is 0. The SMILES string of the molecule is IC1=C(I)C2CC3SC(I)=C(I)C3CC2S1. The molecule has 0 aromatic rings. The summed E-state index contributed by atoms with van der Waals surface area (Å²) >= 11 is 14.5. The number of allylic oxidation sites excluding steroid dienone is 2. The average molecular weight is 700 g/mol. The monoisotopic (exact) mass is 700 g/mol. The smallest absolute Gasteiger partial charge is 0.0556 e. The van der Waals surface area contributed by atoms with Crippen molar-refractivity contribution >= 4 is 114 Å². The summed E-state index contributed by atoms with van der Waals surface area (Å²) in [5, 5.41) is 1.74. The largest absolute Gasteiger partial charge is 0.115 e. The van der Waals surface area contributed by atoms with Gasteiger partial charge in [0, 0.05) is 29.5 Å². The minimum absolute atomic E-state index is 0.859. The van der Waals surface area contributed by atoms with Gasteiger partial charge >= 0.3 is 0 Å². The van der Waals surface area contributed by atoms with Crippen molar-refractivity contribution in [2.45, 2.75) is 23.3 Å². The number of halogens is 4. The average Bonchev–Trinajstić information content (AvgIpc) is 2.67. The van der Waals surface area contributed by atoms with E-state index in [1.807, 2.05) is 0 Å². The number of rotatable bonds is 0. The van der Waals surface area contributed by atoms with Crippen molar-refractivity contribution in [1.29, 1.82) is 0 Å². The Kier molecular flexibility index (Phi) is 4.81. The molecule has 4 unspecified atom stereocenters. The van der Waals surface area contributed by atoms with Gasteiger partial charge in [0.05, 0.1) is 5.82 Å². The van der Waals surface area contributed by atoms with Crippen LogP contribution in [0.5, 0.6) is 0 Å². The van der Waals surface area contributed by atoms with Gasteiger partial charge in [0.15, 0.2) is 0 Å². The van der Waals surface area contributed by atoms with Crippen molar-refractivity contribution in [2.75, 3.05) is 0 Å². The summed E-state index contributed by atoms with van der Waals surface area (Å²) in [6.45, 7) is 0. The van der Waals surface area contributed by atoms with Gasteiger partial charge in [0.2, 0.25) is 0 Å². The summed E-state index contributed by atoms with van der Waals surface area (Å²) in [5.41, 5.74) is 0. The summed E-state index contributed by atoms with van der Waals surface area (Å²) < 4.78 is 6.41. The maximum absolute atomic E-state index is 2.58. The lowest BCUT2D eigenvalue weighted by atomic mass is 9.81. The third-order valence-electron chi connectivity index (χ3n) is 3.41. The first-order valence-corrected chi connectivity index (χ1v) is 11.1. The molecule has 1 saturated carbocycles. The predicted octanol–water partition coefficient (Wildman–Crippen LogP) is 6.32. The normalized spacial score (nSPS) is 42.8. The van der Waals surface area contributed by atoms with Gasteiger partial charge in [0.25, 0.3) is 0 Å². The van der Waals surface area contributed by atoms with Crippen molar-refractivity contribution in [2.24, 2.45) is 11.8 Å². The van der Waals surface area contributed by atoms with Crippen LogP contribution >= 0.6 is 114 Å². The van der Waals surface area contributed by atoms with Crippen molar-refractivity contribution in [3.05, 3.63) is 13.0 Å². The maximum atomic E-state index is 2.58. The van der Waals surface area contributed by atoms with Crippen LogP contribution in [0.3, 0.4) is 0 Å². The molecular weight excluding hydrogens is 692 g/mol. The van der Waals surface area contributed by atoms with Crippen LogP contribution in [0.15, 0.2) is 13.0 Å². The fourth-order valence-corrected chi connectivity index (χ4v) is 10.5. The molecule has 3 rings (SSSR count). The van der Waals surface area contributed by atoms with E-state index in [9.17, 15) is 0 Å². The van der Waals surface area contributed by atoms with Gasteiger partial charge in [-0.05, 0) is 103 Å². The van der Waals surface area contributed by atoms with E-state index in [1.165, 1.54) is 12.8 Å². The third kappa shape index (κ3) is 2.39. The minimum Gasteiger partial charge on any atom is -0.115 e. The summed E-state index contributed by atoms with van der Waals surface area (Å²) in [6.07, 6.45) is 2.80. The van der Waals surface area contributed by atoms with E-state index in [4.69, 9.17) is 0 Å². The Bertz CT molecular complexity index is 366. The second-order valence-corrected chi connectivity index (χ2v) is 12.7. The first-order chi connectivity index (χ1) is 7.58. The molecular formula is C10H8I4S2. The van der Waals surface area contributed by atoms with E-state index in [0.717, 1.165) is 22.3 Å². The molecule has 4 atom stereocenters. The van der Waals surface area contributed by atoms with Crippen molar-refractivity contribution in [1.82, 2.24) is 0 Å². The lowest BCUT2D eigenvalue weighted by Crippen LogP contribution is -2.32. The zero-order valence-electron chi connectivity index (χ0n) is 8.05. The Morgan fingerprint density at radius 1 is 0.750 bits per heavy atom. The molecule has 88 valence electrons. The van der Waals surface area contributed by atoms with E-state index < -0.39 is 0 Å². The molecule has 1 fully saturated rings. The molecule has 0 radical (unpaired) electrons. The van der Waals surface area contributed by atoms with Crippen molar-refractivity contribution in [3.8, 4) is 0 Å². The van der Waals surface area contributed by atoms with Gasteiger partial charge in [-0.1, -0.05) is 0 Å². The van der Waals surface area contributed by atoms with Crippen LogP contribution in [0.2, 0.25) is 0 Å². The fourth-order valence-electron chi connectivity index (χ4n) is 2.60. The molecule has 2 heterocycles. The first kappa shape index (κ1) is 14.1. The van der Waals surface area contributed by atoms with E-state index in [2.05, 4.69) is 114 Å². The highest BCUT2D eigenvalue weighted by Crippen LogP contribution is 2.61. The second kappa shape index (κ2) is 5.47. The topological polar surface area (TPSA) is 0 Å². The van der Waals surface area contributed by atoms with Gasteiger partial charge in [0.1, 0.15) is 0 Å². The van der Waals surface area contributed by atoms with Crippen LogP contribution in [-0.2, 0) is 0 Å². The lowest BCUT2D eigenvalue weighted by molar-refractivity contribution is 0.384. The van der Waals surface area contributed by atoms with Gasteiger partial charge in [-0.3, -0.25) is 0 Å². The molecule has 0 N–H and O–H groups in total. The summed E-state index contributed by atoms with van der Waals surface area (Å²) in [7, 11) is 0. The third-order valence-corrected chi connectivity index (χ3v) is 14.1. The molecule has 1 aliphatic carbocycles. The van der Waals surface area contributed by atoms with E-state index in [1.54, 1.807) is 13.0 Å². The molecule has 0 amide bonds. The van der Waals surface area contributed by atoms with Gasteiger partial charge < -0.3 is 0 Å². The lowest BCUT2D eigenvalue weighted by Gasteiger charge is -2.34. The van der Waals surface area contributed by atoms with Crippen LogP contribution in [0.4, 0.5) is 0 Å². The summed E-state index contributed by atoms with van der Waals surface area (Å²) in [6, 6.07) is 0. The fraction of sp³-hybridized carbons (Fsp3) is 0.600. The van der Waals surface area contributed by atoms with E-state index >= 15 is 0 Å². The molecule has 3 aliphatic rings. The molecule has 2 aliphatic heterocycles. The molecule has 16 heavy (non-hydrogen) atoms. The van der Waals surface area contributed by atoms with Gasteiger partial charge in [-0.2, -0.15) is 0 Å². The van der Waals surface area contributed by atoms with Crippen LogP contribution in [0, 0.1) is 11.8 Å². The van der Waals surface area contributed by atoms with Crippen LogP contribution in [0.1, 0.15) is 12.8 Å². The Balaban J connectivity index is 1.84. The molecule has 0 aromatic carbocycles. The molecule has 6 heteroatoms. The predicted molar refractivity (Wildman–Crippen MR) is 109 cm³/mol. The van der Waals surface area contributed by atoms with Gasteiger partial charge in [-0.15, -0.1) is 23.5 Å². The Labute approximate surface area is 159 Å². The molecule has 0 nitrogen and oxygen atoms in total. The molecule has 0 aromatic heterocycles. The van der Waals surface area contributed by atoms with Crippen LogP contribution in [-0.4, -0.2) is 10.5 Å². The summed E-state index contributed by atoms with van der Waals surface area (Å²) in [5.74, 6) is 1.72. The van der Waals surface area contributed by atoms with E-state index in [-0.39, 0.29) is 0 Å². The Hall–Kier alpha value is 3.10. The standard InChI is InChI=1S/C10H8I4S2/c11-7-3-1-5-4(8(12)10(14)15-5)2-6(3)16-9(7)13/h3-6H,1-2H2. The number of thioether (sulfide) groups is 2. The van der Waals surface area contributed by atoms with Crippen molar-refractivity contribution in [3.63, 3.8) is 0 Å². The highest BCUT2D eigenvalue weighted by molar-refractivity contribution is 14.1.